The molecule has 0 radical (unpaired) electrons. The van der Waals surface area contributed by atoms with E-state index in [1.54, 1.807) is 17.4 Å². The summed E-state index contributed by atoms with van der Waals surface area (Å²) < 4.78 is 13.3. The second-order valence-electron chi connectivity index (χ2n) is 6.10. The first-order chi connectivity index (χ1) is 10.0. The number of hydrogen-bond acceptors (Lipinski definition) is 3. The molecule has 0 unspecified atom stereocenters. The van der Waals surface area contributed by atoms with Crippen LogP contribution in [0.2, 0.25) is 0 Å². The summed E-state index contributed by atoms with van der Waals surface area (Å²) >= 11 is 1.73. The van der Waals surface area contributed by atoms with Crippen molar-refractivity contribution < 1.29 is 4.39 Å². The Hall–Kier alpha value is -1.26. The maximum Gasteiger partial charge on any atom is 0.124 e. The number of rotatable bonds is 5. The van der Waals surface area contributed by atoms with E-state index in [1.807, 2.05) is 13.0 Å². The summed E-state index contributed by atoms with van der Waals surface area (Å²) in [6.07, 6.45) is 2.58. The van der Waals surface area contributed by atoms with E-state index >= 15 is 0 Å². The van der Waals surface area contributed by atoms with Gasteiger partial charge in [0.25, 0.3) is 0 Å². The minimum atomic E-state index is -0.187. The third-order valence-corrected chi connectivity index (χ3v) is 4.93. The van der Waals surface area contributed by atoms with Crippen LogP contribution in [0.15, 0.2) is 18.2 Å². The lowest BCUT2D eigenvalue weighted by atomic mass is 10.1. The summed E-state index contributed by atoms with van der Waals surface area (Å²) in [5.74, 6) is 0.222. The number of nitrogens with one attached hydrogen (secondary N) is 1. The Labute approximate surface area is 129 Å². The highest BCUT2D eigenvalue weighted by Crippen LogP contribution is 2.34. The molecule has 2 aromatic rings. The highest BCUT2D eigenvalue weighted by molar-refractivity contribution is 7.15. The molecule has 0 atom stereocenters. The van der Waals surface area contributed by atoms with Crippen molar-refractivity contribution in [2.75, 3.05) is 0 Å². The monoisotopic (exact) mass is 304 g/mol. The zero-order valence-corrected chi connectivity index (χ0v) is 13.6. The molecule has 1 aliphatic rings. The lowest BCUT2D eigenvalue weighted by molar-refractivity contribution is 0.627. The molecule has 0 spiro atoms. The zero-order chi connectivity index (χ0) is 15.0. The highest BCUT2D eigenvalue weighted by atomic mass is 32.1. The van der Waals surface area contributed by atoms with E-state index in [1.165, 1.54) is 29.5 Å². The number of aryl methyl sites for hydroxylation is 1. The van der Waals surface area contributed by atoms with Gasteiger partial charge in [-0.15, -0.1) is 11.3 Å². The first-order valence-corrected chi connectivity index (χ1v) is 8.35. The van der Waals surface area contributed by atoms with Gasteiger partial charge in [0.1, 0.15) is 10.8 Å². The van der Waals surface area contributed by atoms with Crippen molar-refractivity contribution in [2.45, 2.75) is 52.1 Å². The van der Waals surface area contributed by atoms with E-state index in [9.17, 15) is 4.39 Å². The summed E-state index contributed by atoms with van der Waals surface area (Å²) in [6.45, 7) is 7.20. The second kappa shape index (κ2) is 5.85. The van der Waals surface area contributed by atoms with Crippen LogP contribution in [-0.2, 0) is 6.54 Å². The minimum Gasteiger partial charge on any atom is -0.309 e. The fourth-order valence-corrected chi connectivity index (χ4v) is 3.71. The van der Waals surface area contributed by atoms with Crippen molar-refractivity contribution >= 4 is 11.3 Å². The molecule has 1 N–H and O–H groups in total. The molecule has 0 bridgehead atoms. The van der Waals surface area contributed by atoms with E-state index in [2.05, 4.69) is 19.2 Å². The number of hydrogen-bond donors (Lipinski definition) is 1. The Kier molecular flexibility index (Phi) is 4.09. The maximum atomic E-state index is 13.3. The van der Waals surface area contributed by atoms with E-state index in [4.69, 9.17) is 4.98 Å². The first-order valence-electron chi connectivity index (χ1n) is 7.54. The molecule has 0 aliphatic heterocycles. The molecule has 1 aliphatic carbocycles. The summed E-state index contributed by atoms with van der Waals surface area (Å²) in [5, 5.41) is 4.57. The van der Waals surface area contributed by atoms with Gasteiger partial charge in [0.05, 0.1) is 5.69 Å². The SMILES string of the molecule is Cc1cc(F)ccc1-c1nc(C(C)C)c(CNC2CC2)s1. The fraction of sp³-hybridized carbons (Fsp3) is 0.471. The smallest absolute Gasteiger partial charge is 0.124 e. The average molecular weight is 304 g/mol. The number of halogens is 1. The van der Waals surface area contributed by atoms with Crippen LogP contribution in [0.4, 0.5) is 4.39 Å². The minimum absolute atomic E-state index is 0.187. The van der Waals surface area contributed by atoms with Crippen LogP contribution in [0.3, 0.4) is 0 Å². The second-order valence-corrected chi connectivity index (χ2v) is 7.18. The van der Waals surface area contributed by atoms with Crippen LogP contribution in [0.1, 0.15) is 48.7 Å². The van der Waals surface area contributed by atoms with Crippen LogP contribution in [0.25, 0.3) is 10.6 Å². The van der Waals surface area contributed by atoms with E-state index in [0.717, 1.165) is 22.7 Å². The summed E-state index contributed by atoms with van der Waals surface area (Å²) in [6, 6.07) is 5.63. The molecule has 1 aromatic heterocycles. The van der Waals surface area contributed by atoms with Crippen molar-refractivity contribution in [1.29, 1.82) is 0 Å². The van der Waals surface area contributed by atoms with Gasteiger partial charge in [-0.25, -0.2) is 9.37 Å². The molecule has 2 nitrogen and oxygen atoms in total. The Morgan fingerprint density at radius 3 is 2.76 bits per heavy atom. The fourth-order valence-electron chi connectivity index (χ4n) is 2.45. The molecule has 1 aromatic carbocycles. The molecule has 1 heterocycles. The Morgan fingerprint density at radius 2 is 2.14 bits per heavy atom. The van der Waals surface area contributed by atoms with E-state index in [-0.39, 0.29) is 5.82 Å². The van der Waals surface area contributed by atoms with Crippen molar-refractivity contribution in [3.8, 4) is 10.6 Å². The van der Waals surface area contributed by atoms with Crippen molar-refractivity contribution in [3.63, 3.8) is 0 Å². The molecule has 1 fully saturated rings. The maximum absolute atomic E-state index is 13.3. The lowest BCUT2D eigenvalue weighted by Crippen LogP contribution is -2.15. The summed E-state index contributed by atoms with van der Waals surface area (Å²) in [7, 11) is 0. The number of thiazole rings is 1. The molecule has 112 valence electrons. The first kappa shape index (κ1) is 14.7. The topological polar surface area (TPSA) is 24.9 Å². The van der Waals surface area contributed by atoms with Crippen LogP contribution >= 0.6 is 11.3 Å². The molecular weight excluding hydrogens is 283 g/mol. The normalized spacial score (nSPS) is 14.9. The number of benzene rings is 1. The molecule has 0 saturated heterocycles. The van der Waals surface area contributed by atoms with Gasteiger partial charge in [-0.3, -0.25) is 0 Å². The van der Waals surface area contributed by atoms with Crippen LogP contribution < -0.4 is 5.32 Å². The van der Waals surface area contributed by atoms with Gasteiger partial charge in [-0.1, -0.05) is 13.8 Å². The average Bonchev–Trinajstić information content (AvgIpc) is 3.15. The van der Waals surface area contributed by atoms with Gasteiger partial charge in [0.15, 0.2) is 0 Å². The third kappa shape index (κ3) is 3.33. The molecule has 4 heteroatoms. The van der Waals surface area contributed by atoms with Crippen LogP contribution in [0.5, 0.6) is 0 Å². The quantitative estimate of drug-likeness (QED) is 0.871. The van der Waals surface area contributed by atoms with Crippen molar-refractivity contribution in [1.82, 2.24) is 10.3 Å². The van der Waals surface area contributed by atoms with Gasteiger partial charge in [0, 0.05) is 23.0 Å². The van der Waals surface area contributed by atoms with Crippen molar-refractivity contribution in [3.05, 3.63) is 40.2 Å². The predicted octanol–water partition coefficient (Wildman–Crippen LogP) is 4.63. The number of nitrogens with zero attached hydrogens (tertiary/aromatic N) is 1. The molecule has 1 saturated carbocycles. The van der Waals surface area contributed by atoms with Crippen LogP contribution in [0, 0.1) is 12.7 Å². The standard InChI is InChI=1S/C17H21FN2S/c1-10(2)16-15(9-19-13-5-6-13)21-17(20-16)14-7-4-12(18)8-11(14)3/h4,7-8,10,13,19H,5-6,9H2,1-3H3. The summed E-state index contributed by atoms with van der Waals surface area (Å²) in [5.41, 5.74) is 3.16. The largest absolute Gasteiger partial charge is 0.309 e. The van der Waals surface area contributed by atoms with Crippen LogP contribution in [-0.4, -0.2) is 11.0 Å². The Balaban J connectivity index is 1.92. The van der Waals surface area contributed by atoms with Crippen molar-refractivity contribution in [2.24, 2.45) is 0 Å². The zero-order valence-electron chi connectivity index (χ0n) is 12.7. The summed E-state index contributed by atoms with van der Waals surface area (Å²) in [4.78, 5) is 6.14. The number of aromatic nitrogens is 1. The highest BCUT2D eigenvalue weighted by Gasteiger charge is 2.22. The van der Waals surface area contributed by atoms with Gasteiger partial charge >= 0.3 is 0 Å². The lowest BCUT2D eigenvalue weighted by Gasteiger charge is -2.05. The molecular formula is C17H21FN2S. The molecule has 21 heavy (non-hydrogen) atoms. The Bertz CT molecular complexity index is 644. The molecule has 0 amide bonds. The van der Waals surface area contributed by atoms with E-state index in [0.29, 0.717) is 12.0 Å². The van der Waals surface area contributed by atoms with Gasteiger partial charge in [-0.05, 0) is 49.4 Å². The van der Waals surface area contributed by atoms with Gasteiger partial charge in [0.2, 0.25) is 0 Å². The Morgan fingerprint density at radius 1 is 1.38 bits per heavy atom. The van der Waals surface area contributed by atoms with E-state index < -0.39 is 0 Å². The molecule has 3 rings (SSSR count). The van der Waals surface area contributed by atoms with Gasteiger partial charge < -0.3 is 5.32 Å². The predicted molar refractivity (Wildman–Crippen MR) is 86.2 cm³/mol. The third-order valence-electron chi connectivity index (χ3n) is 3.82. The van der Waals surface area contributed by atoms with Gasteiger partial charge in [-0.2, -0.15) is 0 Å².